The molecule has 0 aromatic carbocycles. The number of hydrogen-bond donors (Lipinski definition) is 1. The minimum Gasteiger partial charge on any atom is -0.390 e. The first-order valence-corrected chi connectivity index (χ1v) is 5.85. The Morgan fingerprint density at radius 1 is 1.20 bits per heavy atom. The van der Waals surface area contributed by atoms with Crippen molar-refractivity contribution in [1.29, 1.82) is 0 Å². The Balaban J connectivity index is 2.70. The fourth-order valence-electron chi connectivity index (χ4n) is 1.60. The van der Waals surface area contributed by atoms with Gasteiger partial charge in [-0.1, -0.05) is 31.9 Å². The van der Waals surface area contributed by atoms with Crippen LogP contribution >= 0.6 is 0 Å². The summed E-state index contributed by atoms with van der Waals surface area (Å²) in [5.74, 6) is 0. The zero-order valence-electron chi connectivity index (χ0n) is 9.74. The van der Waals surface area contributed by atoms with E-state index in [4.69, 9.17) is 5.11 Å². The average Bonchev–Trinajstić information content (AvgIpc) is 2.65. The molecular weight excluding hydrogens is 190 g/mol. The lowest BCUT2D eigenvalue weighted by Gasteiger charge is -2.05. The topological polar surface area (TPSA) is 50.9 Å². The van der Waals surface area contributed by atoms with E-state index in [1.807, 2.05) is 4.68 Å². The van der Waals surface area contributed by atoms with Gasteiger partial charge in [-0.3, -0.25) is 0 Å². The Morgan fingerprint density at radius 2 is 1.93 bits per heavy atom. The summed E-state index contributed by atoms with van der Waals surface area (Å²) in [7, 11) is 0. The predicted molar refractivity (Wildman–Crippen MR) is 59.5 cm³/mol. The maximum Gasteiger partial charge on any atom is 0.111 e. The second-order valence-corrected chi connectivity index (χ2v) is 3.82. The lowest BCUT2D eigenvalue weighted by molar-refractivity contribution is 0.275. The van der Waals surface area contributed by atoms with Gasteiger partial charge in [0.15, 0.2) is 0 Å². The first-order valence-electron chi connectivity index (χ1n) is 5.85. The summed E-state index contributed by atoms with van der Waals surface area (Å²) < 4.78 is 1.95. The van der Waals surface area contributed by atoms with Crippen LogP contribution in [-0.2, 0) is 19.6 Å². The SMILES string of the molecule is CCCCc1c(CO)nnn1CCCC. The molecule has 1 N–H and O–H groups in total. The van der Waals surface area contributed by atoms with Crippen LogP contribution in [0.5, 0.6) is 0 Å². The quantitative estimate of drug-likeness (QED) is 0.749. The van der Waals surface area contributed by atoms with Crippen molar-refractivity contribution in [3.63, 3.8) is 0 Å². The van der Waals surface area contributed by atoms with Crippen molar-refractivity contribution in [3.05, 3.63) is 11.4 Å². The molecule has 0 unspecified atom stereocenters. The maximum atomic E-state index is 9.14. The summed E-state index contributed by atoms with van der Waals surface area (Å²) >= 11 is 0. The van der Waals surface area contributed by atoms with E-state index in [-0.39, 0.29) is 6.61 Å². The zero-order chi connectivity index (χ0) is 11.1. The van der Waals surface area contributed by atoms with Gasteiger partial charge in [0.25, 0.3) is 0 Å². The number of aliphatic hydroxyl groups excluding tert-OH is 1. The molecule has 0 spiro atoms. The van der Waals surface area contributed by atoms with Crippen LogP contribution < -0.4 is 0 Å². The normalized spacial score (nSPS) is 10.9. The highest BCUT2D eigenvalue weighted by atomic mass is 16.3. The molecule has 1 aromatic rings. The number of unbranched alkanes of at least 4 members (excludes halogenated alkanes) is 2. The van der Waals surface area contributed by atoms with Gasteiger partial charge in [-0.2, -0.15) is 0 Å². The molecule has 0 aliphatic carbocycles. The summed E-state index contributed by atoms with van der Waals surface area (Å²) in [6, 6.07) is 0. The van der Waals surface area contributed by atoms with Gasteiger partial charge in [-0.15, -0.1) is 5.10 Å². The van der Waals surface area contributed by atoms with Gasteiger partial charge < -0.3 is 5.11 Å². The standard InChI is InChI=1S/C11H21N3O/c1-3-5-7-11-10(9-15)12-13-14(11)8-6-4-2/h15H,3-9H2,1-2H3. The minimum atomic E-state index is 0.00513. The molecule has 0 atom stereocenters. The fourth-order valence-corrected chi connectivity index (χ4v) is 1.60. The van der Waals surface area contributed by atoms with Crippen LogP contribution in [0, 0.1) is 0 Å². The van der Waals surface area contributed by atoms with Gasteiger partial charge >= 0.3 is 0 Å². The fraction of sp³-hybridized carbons (Fsp3) is 0.818. The maximum absolute atomic E-state index is 9.14. The van der Waals surface area contributed by atoms with Crippen molar-refractivity contribution in [2.24, 2.45) is 0 Å². The predicted octanol–water partition coefficient (Wildman–Crippen LogP) is 1.91. The number of aromatic nitrogens is 3. The van der Waals surface area contributed by atoms with Crippen LogP contribution in [0.4, 0.5) is 0 Å². The molecule has 0 bridgehead atoms. The van der Waals surface area contributed by atoms with Crippen molar-refractivity contribution < 1.29 is 5.11 Å². The number of aliphatic hydroxyl groups is 1. The lowest BCUT2D eigenvalue weighted by atomic mass is 10.1. The summed E-state index contributed by atoms with van der Waals surface area (Å²) in [5.41, 5.74) is 1.87. The minimum absolute atomic E-state index is 0.00513. The van der Waals surface area contributed by atoms with Crippen molar-refractivity contribution in [2.75, 3.05) is 0 Å². The number of aryl methyl sites for hydroxylation is 1. The Labute approximate surface area is 91.3 Å². The van der Waals surface area contributed by atoms with Gasteiger partial charge in [-0.25, -0.2) is 4.68 Å². The van der Waals surface area contributed by atoms with Gasteiger partial charge in [0.05, 0.1) is 12.3 Å². The lowest BCUT2D eigenvalue weighted by Crippen LogP contribution is -2.06. The molecule has 0 saturated carbocycles. The van der Waals surface area contributed by atoms with E-state index in [0.717, 1.165) is 50.0 Å². The van der Waals surface area contributed by atoms with Gasteiger partial charge in [0, 0.05) is 6.54 Å². The smallest absolute Gasteiger partial charge is 0.111 e. The van der Waals surface area contributed by atoms with Gasteiger partial charge in [-0.05, 0) is 19.3 Å². The van der Waals surface area contributed by atoms with Crippen LogP contribution in [-0.4, -0.2) is 20.1 Å². The monoisotopic (exact) mass is 211 g/mol. The molecule has 1 heterocycles. The molecule has 1 aromatic heterocycles. The summed E-state index contributed by atoms with van der Waals surface area (Å²) in [6.07, 6.45) is 5.54. The zero-order valence-corrected chi connectivity index (χ0v) is 9.74. The van der Waals surface area contributed by atoms with E-state index in [9.17, 15) is 0 Å². The van der Waals surface area contributed by atoms with Crippen molar-refractivity contribution in [2.45, 2.75) is 59.1 Å². The molecule has 0 saturated heterocycles. The molecule has 1 rings (SSSR count). The van der Waals surface area contributed by atoms with Gasteiger partial charge in [0.2, 0.25) is 0 Å². The molecule has 0 radical (unpaired) electrons. The van der Waals surface area contributed by atoms with Crippen molar-refractivity contribution in [3.8, 4) is 0 Å². The first kappa shape index (κ1) is 12.2. The van der Waals surface area contributed by atoms with E-state index >= 15 is 0 Å². The largest absolute Gasteiger partial charge is 0.390 e. The van der Waals surface area contributed by atoms with Crippen LogP contribution in [0.2, 0.25) is 0 Å². The third-order valence-corrected chi connectivity index (χ3v) is 2.56. The van der Waals surface area contributed by atoms with E-state index in [0.29, 0.717) is 0 Å². The second-order valence-electron chi connectivity index (χ2n) is 3.82. The molecule has 0 fully saturated rings. The van der Waals surface area contributed by atoms with E-state index < -0.39 is 0 Å². The summed E-state index contributed by atoms with van der Waals surface area (Å²) in [5, 5.41) is 17.2. The van der Waals surface area contributed by atoms with E-state index in [1.165, 1.54) is 0 Å². The first-order chi connectivity index (χ1) is 7.33. The van der Waals surface area contributed by atoms with Crippen LogP contribution in [0.25, 0.3) is 0 Å². The molecule has 4 heteroatoms. The second kappa shape index (κ2) is 6.56. The molecule has 0 aliphatic heterocycles. The summed E-state index contributed by atoms with van der Waals surface area (Å²) in [6.45, 7) is 5.25. The molecule has 86 valence electrons. The molecule has 4 nitrogen and oxygen atoms in total. The van der Waals surface area contributed by atoms with Crippen molar-refractivity contribution >= 4 is 0 Å². The number of hydrogen-bond acceptors (Lipinski definition) is 3. The highest BCUT2D eigenvalue weighted by Gasteiger charge is 2.10. The van der Waals surface area contributed by atoms with Crippen molar-refractivity contribution in [1.82, 2.24) is 15.0 Å². The van der Waals surface area contributed by atoms with Crippen LogP contribution in [0.15, 0.2) is 0 Å². The number of nitrogens with zero attached hydrogens (tertiary/aromatic N) is 3. The summed E-state index contributed by atoms with van der Waals surface area (Å²) in [4.78, 5) is 0. The highest BCUT2D eigenvalue weighted by molar-refractivity contribution is 5.09. The molecule has 15 heavy (non-hydrogen) atoms. The molecule has 0 amide bonds. The third kappa shape index (κ3) is 3.30. The van der Waals surface area contributed by atoms with Gasteiger partial charge in [0.1, 0.15) is 5.69 Å². The van der Waals surface area contributed by atoms with E-state index in [2.05, 4.69) is 24.2 Å². The Kier molecular flexibility index (Phi) is 5.32. The number of rotatable bonds is 7. The Bertz CT molecular complexity index is 283. The Hall–Kier alpha value is -0.900. The third-order valence-electron chi connectivity index (χ3n) is 2.56. The van der Waals surface area contributed by atoms with Crippen LogP contribution in [0.1, 0.15) is 50.9 Å². The average molecular weight is 211 g/mol. The molecular formula is C11H21N3O. The van der Waals surface area contributed by atoms with Crippen LogP contribution in [0.3, 0.4) is 0 Å². The highest BCUT2D eigenvalue weighted by Crippen LogP contribution is 2.10. The van der Waals surface area contributed by atoms with E-state index in [1.54, 1.807) is 0 Å². The Morgan fingerprint density at radius 3 is 2.53 bits per heavy atom. The molecule has 0 aliphatic rings.